The quantitative estimate of drug-likeness (QED) is 0.894. The number of hydrogen-bond acceptors (Lipinski definition) is 2. The maximum atomic E-state index is 14.2. The van der Waals surface area contributed by atoms with Crippen LogP contribution in [0.15, 0.2) is 0 Å². The molecule has 0 saturated carbocycles. The highest BCUT2D eigenvalue weighted by atomic mass is 35.5. The fourth-order valence-electron chi connectivity index (χ4n) is 2.56. The Morgan fingerprint density at radius 1 is 1.56 bits per heavy atom. The van der Waals surface area contributed by atoms with Crippen LogP contribution in [0.25, 0.3) is 0 Å². The smallest absolute Gasteiger partial charge is 0.121 e. The highest BCUT2D eigenvalue weighted by Crippen LogP contribution is 2.25. The van der Waals surface area contributed by atoms with E-state index in [1.807, 2.05) is 18.5 Å². The number of halogens is 2. The average Bonchev–Trinajstić information content (AvgIpc) is 2.99. The molecule has 2 rings (SSSR count). The van der Waals surface area contributed by atoms with E-state index in [-0.39, 0.29) is 6.04 Å². The Morgan fingerprint density at radius 2 is 2.33 bits per heavy atom. The van der Waals surface area contributed by atoms with E-state index in [4.69, 9.17) is 11.6 Å². The van der Waals surface area contributed by atoms with E-state index in [2.05, 4.69) is 10.4 Å². The molecule has 0 aliphatic carbocycles. The molecule has 2 unspecified atom stereocenters. The van der Waals surface area contributed by atoms with Crippen molar-refractivity contribution in [3.8, 4) is 0 Å². The topological polar surface area (TPSA) is 29.9 Å². The van der Waals surface area contributed by atoms with Gasteiger partial charge in [-0.25, -0.2) is 4.39 Å². The number of nitrogens with one attached hydrogen (secondary N) is 1. The van der Waals surface area contributed by atoms with Crippen molar-refractivity contribution in [3.63, 3.8) is 0 Å². The summed E-state index contributed by atoms with van der Waals surface area (Å²) >= 11 is 6.29. The molecule has 1 saturated heterocycles. The molecule has 18 heavy (non-hydrogen) atoms. The Bertz CT molecular complexity index is 399. The number of rotatable bonds is 5. The largest absolute Gasteiger partial charge is 0.311 e. The summed E-state index contributed by atoms with van der Waals surface area (Å²) in [5.41, 5.74) is 1.72. The third-order valence-electron chi connectivity index (χ3n) is 3.62. The molecule has 1 aliphatic rings. The number of aromatic nitrogens is 2. The zero-order valence-electron chi connectivity index (χ0n) is 11.0. The van der Waals surface area contributed by atoms with Crippen LogP contribution in [0.2, 0.25) is 5.02 Å². The maximum Gasteiger partial charge on any atom is 0.121 e. The molecule has 1 N–H and O–H groups in total. The summed E-state index contributed by atoms with van der Waals surface area (Å²) in [6.45, 7) is 5.68. The number of alkyl halides is 1. The lowest BCUT2D eigenvalue weighted by Gasteiger charge is -2.16. The van der Waals surface area contributed by atoms with E-state index >= 15 is 0 Å². The zero-order valence-corrected chi connectivity index (χ0v) is 11.8. The van der Waals surface area contributed by atoms with Gasteiger partial charge < -0.3 is 5.32 Å². The molecule has 0 bridgehead atoms. The fourth-order valence-corrected chi connectivity index (χ4v) is 2.91. The Kier molecular flexibility index (Phi) is 4.62. The van der Waals surface area contributed by atoms with Crippen LogP contribution >= 0.6 is 11.6 Å². The van der Waals surface area contributed by atoms with Crippen molar-refractivity contribution in [1.82, 2.24) is 15.1 Å². The van der Waals surface area contributed by atoms with Gasteiger partial charge in [-0.05, 0) is 32.7 Å². The van der Waals surface area contributed by atoms with Crippen molar-refractivity contribution < 1.29 is 4.39 Å². The molecule has 0 spiro atoms. The van der Waals surface area contributed by atoms with Gasteiger partial charge in [-0.15, -0.1) is 0 Å². The molecule has 5 heteroatoms. The lowest BCUT2D eigenvalue weighted by atomic mass is 10.1. The van der Waals surface area contributed by atoms with Crippen LogP contribution in [0.3, 0.4) is 0 Å². The van der Waals surface area contributed by atoms with Gasteiger partial charge in [-0.2, -0.15) is 5.10 Å². The van der Waals surface area contributed by atoms with Gasteiger partial charge in [0.25, 0.3) is 0 Å². The molecule has 2 atom stereocenters. The predicted molar refractivity (Wildman–Crippen MR) is 71.9 cm³/mol. The Hall–Kier alpha value is -0.610. The molecule has 0 amide bonds. The molecule has 1 aromatic rings. The summed E-state index contributed by atoms with van der Waals surface area (Å²) in [6.07, 6.45) is 2.25. The van der Waals surface area contributed by atoms with Crippen LogP contribution in [0.1, 0.15) is 38.1 Å². The molecule has 1 aliphatic heterocycles. The number of nitrogens with zero attached hydrogens (tertiary/aromatic N) is 2. The summed E-state index contributed by atoms with van der Waals surface area (Å²) in [7, 11) is 0. The van der Waals surface area contributed by atoms with E-state index in [0.29, 0.717) is 11.4 Å². The Balaban J connectivity index is 2.14. The fraction of sp³-hybridized carbons (Fsp3) is 0.769. The third-order valence-corrected chi connectivity index (χ3v) is 4.05. The van der Waals surface area contributed by atoms with E-state index in [1.165, 1.54) is 0 Å². The highest BCUT2D eigenvalue weighted by Gasteiger charge is 2.27. The minimum atomic E-state index is -0.878. The summed E-state index contributed by atoms with van der Waals surface area (Å²) in [4.78, 5) is 0. The summed E-state index contributed by atoms with van der Waals surface area (Å²) < 4.78 is 16.1. The molecule has 2 heterocycles. The lowest BCUT2D eigenvalue weighted by Crippen LogP contribution is -2.33. The number of hydrogen-bond donors (Lipinski definition) is 1. The van der Waals surface area contributed by atoms with Crippen molar-refractivity contribution in [2.24, 2.45) is 0 Å². The summed E-state index contributed by atoms with van der Waals surface area (Å²) in [6, 6.07) is -0.0219. The van der Waals surface area contributed by atoms with E-state index in [0.717, 1.165) is 43.7 Å². The van der Waals surface area contributed by atoms with Crippen LogP contribution < -0.4 is 5.32 Å². The molecule has 0 aromatic carbocycles. The SMILES string of the molecule is CCc1nn(CC)c(CC(F)C2CCCN2)c1Cl. The normalized spacial score (nSPS) is 21.4. The molecule has 0 radical (unpaired) electrons. The number of aryl methyl sites for hydroxylation is 2. The second-order valence-electron chi connectivity index (χ2n) is 4.80. The van der Waals surface area contributed by atoms with Crippen LogP contribution in [0.5, 0.6) is 0 Å². The van der Waals surface area contributed by atoms with Gasteiger partial charge in [0.15, 0.2) is 0 Å². The van der Waals surface area contributed by atoms with E-state index < -0.39 is 6.17 Å². The van der Waals surface area contributed by atoms with Crippen molar-refractivity contribution in [3.05, 3.63) is 16.4 Å². The molecular formula is C13H21ClFN3. The minimum absolute atomic E-state index is 0.0219. The van der Waals surface area contributed by atoms with Crippen LogP contribution in [0.4, 0.5) is 4.39 Å². The predicted octanol–water partition coefficient (Wildman–Crippen LogP) is 2.75. The first kappa shape index (κ1) is 13.8. The standard InChI is InChI=1S/C13H21ClFN3/c1-3-10-13(14)12(18(4-2)17-10)8-9(15)11-6-5-7-16-11/h9,11,16H,3-8H2,1-2H3. The third kappa shape index (κ3) is 2.69. The Morgan fingerprint density at radius 3 is 2.89 bits per heavy atom. The molecule has 3 nitrogen and oxygen atoms in total. The maximum absolute atomic E-state index is 14.2. The first-order chi connectivity index (χ1) is 8.67. The van der Waals surface area contributed by atoms with Gasteiger partial charge in [0.2, 0.25) is 0 Å². The minimum Gasteiger partial charge on any atom is -0.311 e. The molecule has 1 fully saturated rings. The van der Waals surface area contributed by atoms with Crippen molar-refractivity contribution >= 4 is 11.6 Å². The van der Waals surface area contributed by atoms with Gasteiger partial charge in [0.05, 0.1) is 16.4 Å². The van der Waals surface area contributed by atoms with Crippen LogP contribution in [0, 0.1) is 0 Å². The van der Waals surface area contributed by atoms with E-state index in [9.17, 15) is 4.39 Å². The first-order valence-corrected chi connectivity index (χ1v) is 7.16. The van der Waals surface area contributed by atoms with E-state index in [1.54, 1.807) is 0 Å². The van der Waals surface area contributed by atoms with Crippen molar-refractivity contribution in [1.29, 1.82) is 0 Å². The van der Waals surface area contributed by atoms with Crippen LogP contribution in [-0.4, -0.2) is 28.5 Å². The van der Waals surface area contributed by atoms with Gasteiger partial charge in [-0.1, -0.05) is 18.5 Å². The monoisotopic (exact) mass is 273 g/mol. The second-order valence-corrected chi connectivity index (χ2v) is 5.18. The van der Waals surface area contributed by atoms with Crippen molar-refractivity contribution in [2.75, 3.05) is 6.54 Å². The molecule has 1 aromatic heterocycles. The highest BCUT2D eigenvalue weighted by molar-refractivity contribution is 6.31. The molecule has 102 valence electrons. The zero-order chi connectivity index (χ0) is 13.1. The van der Waals surface area contributed by atoms with Crippen LogP contribution in [-0.2, 0) is 19.4 Å². The second kappa shape index (κ2) is 6.02. The lowest BCUT2D eigenvalue weighted by molar-refractivity contribution is 0.259. The van der Waals surface area contributed by atoms with Crippen molar-refractivity contribution in [2.45, 2.75) is 58.3 Å². The summed E-state index contributed by atoms with van der Waals surface area (Å²) in [5.74, 6) is 0. The van der Waals surface area contributed by atoms with Gasteiger partial charge in [0, 0.05) is 19.0 Å². The summed E-state index contributed by atoms with van der Waals surface area (Å²) in [5, 5.41) is 8.28. The first-order valence-electron chi connectivity index (χ1n) is 6.78. The van der Waals surface area contributed by atoms with Gasteiger partial charge >= 0.3 is 0 Å². The molecular weight excluding hydrogens is 253 g/mol. The van der Waals surface area contributed by atoms with Gasteiger partial charge in [0.1, 0.15) is 6.17 Å². The average molecular weight is 274 g/mol. The Labute approximate surface area is 113 Å². The van der Waals surface area contributed by atoms with Gasteiger partial charge in [-0.3, -0.25) is 4.68 Å².